The van der Waals surface area contributed by atoms with Crippen molar-refractivity contribution in [2.45, 2.75) is 52.5 Å². The predicted octanol–water partition coefficient (Wildman–Crippen LogP) is 3.65. The summed E-state index contributed by atoms with van der Waals surface area (Å²) in [6.45, 7) is 10.2. The van der Waals surface area contributed by atoms with E-state index in [0.717, 1.165) is 43.1 Å². The molecule has 0 atom stereocenters. The third kappa shape index (κ3) is 3.80. The number of aromatic nitrogens is 1. The predicted molar refractivity (Wildman–Crippen MR) is 102 cm³/mol. The lowest BCUT2D eigenvalue weighted by Crippen LogP contribution is -2.47. The molecule has 0 bridgehead atoms. The molecule has 2 heterocycles. The number of anilines is 1. The summed E-state index contributed by atoms with van der Waals surface area (Å²) in [6.07, 6.45) is 6.64. The van der Waals surface area contributed by atoms with Crippen molar-refractivity contribution in [3.8, 4) is 0 Å². The average Bonchev–Trinajstić information content (AvgIpc) is 2.56. The smallest absolute Gasteiger partial charge is 0.256 e. The van der Waals surface area contributed by atoms with E-state index in [1.165, 1.54) is 6.42 Å². The van der Waals surface area contributed by atoms with Crippen LogP contribution in [0.1, 0.15) is 56.5 Å². The van der Waals surface area contributed by atoms with Gasteiger partial charge < -0.3 is 14.5 Å². The number of rotatable bonds is 7. The van der Waals surface area contributed by atoms with Gasteiger partial charge in [0.25, 0.3) is 5.91 Å². The molecule has 0 aliphatic carbocycles. The quantitative estimate of drug-likeness (QED) is 0.708. The van der Waals surface area contributed by atoms with Gasteiger partial charge in [0.1, 0.15) is 11.6 Å². The Labute approximate surface area is 151 Å². The van der Waals surface area contributed by atoms with Gasteiger partial charge >= 0.3 is 0 Å². The van der Waals surface area contributed by atoms with Crippen LogP contribution in [-0.2, 0) is 11.2 Å². The summed E-state index contributed by atoms with van der Waals surface area (Å²) in [5.41, 5.74) is 1.19. The lowest BCUT2D eigenvalue weighted by atomic mass is 9.97. The second-order valence-electron chi connectivity index (χ2n) is 7.00. The molecule has 0 aromatic carbocycles. The van der Waals surface area contributed by atoms with Crippen molar-refractivity contribution in [2.24, 2.45) is 0 Å². The van der Waals surface area contributed by atoms with Crippen LogP contribution >= 0.6 is 0 Å². The highest BCUT2D eigenvalue weighted by atomic mass is 16.5. The molecule has 1 aromatic heterocycles. The zero-order valence-corrected chi connectivity index (χ0v) is 16.4. The Bertz CT molecular complexity index is 648. The van der Waals surface area contributed by atoms with Crippen LogP contribution in [-0.4, -0.2) is 48.6 Å². The summed E-state index contributed by atoms with van der Waals surface area (Å²) in [7, 11) is 3.48. The molecule has 1 aromatic rings. The number of ether oxygens (including phenoxy) is 1. The molecule has 5 heteroatoms. The summed E-state index contributed by atoms with van der Waals surface area (Å²) in [4.78, 5) is 21.7. The van der Waals surface area contributed by atoms with Crippen molar-refractivity contribution in [3.63, 3.8) is 0 Å². The first-order valence-electron chi connectivity index (χ1n) is 9.13. The van der Waals surface area contributed by atoms with Gasteiger partial charge in [0.15, 0.2) is 0 Å². The molecule has 0 spiro atoms. The Kier molecular flexibility index (Phi) is 6.09. The van der Waals surface area contributed by atoms with Crippen LogP contribution in [0.2, 0.25) is 0 Å². The summed E-state index contributed by atoms with van der Waals surface area (Å²) >= 11 is 0. The molecule has 25 heavy (non-hydrogen) atoms. The first kappa shape index (κ1) is 19.3. The van der Waals surface area contributed by atoms with Gasteiger partial charge in [-0.15, -0.1) is 0 Å². The average molecular weight is 345 g/mol. The Hall–Kier alpha value is -2.04. The number of hydrogen-bond acceptors (Lipinski definition) is 4. The van der Waals surface area contributed by atoms with Crippen LogP contribution in [0.3, 0.4) is 0 Å². The van der Waals surface area contributed by atoms with Gasteiger partial charge in [-0.3, -0.25) is 4.79 Å². The molecular formula is C20H31N3O2. The molecule has 0 N–H and O–H groups in total. The Morgan fingerprint density at radius 1 is 1.40 bits per heavy atom. The van der Waals surface area contributed by atoms with E-state index < -0.39 is 5.54 Å². The molecule has 0 saturated carbocycles. The first-order valence-corrected chi connectivity index (χ1v) is 9.13. The molecular weight excluding hydrogens is 314 g/mol. The molecule has 1 aliphatic heterocycles. The number of carbonyl (C=O) groups excluding carboxylic acids is 1. The fraction of sp³-hybridized carbons (Fsp3) is 0.600. The van der Waals surface area contributed by atoms with Gasteiger partial charge in [0.2, 0.25) is 0 Å². The second kappa shape index (κ2) is 7.89. The monoisotopic (exact) mass is 345 g/mol. The highest BCUT2D eigenvalue weighted by molar-refractivity contribution is 5.96. The normalized spacial score (nSPS) is 15.0. The zero-order valence-electron chi connectivity index (χ0n) is 16.4. The molecule has 5 nitrogen and oxygen atoms in total. The minimum atomic E-state index is -0.525. The van der Waals surface area contributed by atoms with Crippen LogP contribution in [0.5, 0.6) is 0 Å². The molecule has 1 fully saturated rings. The number of carbonyl (C=O) groups is 1. The van der Waals surface area contributed by atoms with E-state index >= 15 is 0 Å². The van der Waals surface area contributed by atoms with Crippen molar-refractivity contribution < 1.29 is 9.53 Å². The van der Waals surface area contributed by atoms with E-state index in [-0.39, 0.29) is 5.91 Å². The highest BCUT2D eigenvalue weighted by Crippen LogP contribution is 2.28. The topological polar surface area (TPSA) is 45.7 Å². The first-order chi connectivity index (χ1) is 11.9. The zero-order chi connectivity index (χ0) is 18.6. The van der Waals surface area contributed by atoms with E-state index in [0.29, 0.717) is 5.56 Å². The van der Waals surface area contributed by atoms with E-state index in [4.69, 9.17) is 4.74 Å². The lowest BCUT2D eigenvalue weighted by Gasteiger charge is -2.37. The van der Waals surface area contributed by atoms with Crippen molar-refractivity contribution >= 4 is 11.7 Å². The van der Waals surface area contributed by atoms with E-state index in [9.17, 15) is 4.79 Å². The Balaban J connectivity index is 2.30. The van der Waals surface area contributed by atoms with Crippen LogP contribution in [0.25, 0.3) is 0 Å². The van der Waals surface area contributed by atoms with Crippen molar-refractivity contribution in [1.82, 2.24) is 9.88 Å². The third-order valence-electron chi connectivity index (χ3n) is 5.12. The van der Waals surface area contributed by atoms with Crippen molar-refractivity contribution in [1.29, 1.82) is 0 Å². The summed E-state index contributed by atoms with van der Waals surface area (Å²) in [6, 6.07) is 2.06. The second-order valence-corrected chi connectivity index (χ2v) is 7.00. The van der Waals surface area contributed by atoms with Gasteiger partial charge in [-0.2, -0.15) is 0 Å². The summed E-state index contributed by atoms with van der Waals surface area (Å²) in [5, 5.41) is 0. The van der Waals surface area contributed by atoms with Gasteiger partial charge in [0, 0.05) is 26.3 Å². The number of allylic oxidation sites excluding steroid dienone is 1. The largest absolute Gasteiger partial charge is 0.499 e. The number of likely N-dealkylation sites (N-methyl/N-ethyl adjacent to an activating group) is 1. The van der Waals surface area contributed by atoms with Crippen molar-refractivity contribution in [2.75, 3.05) is 32.1 Å². The standard InChI is InChI=1S/C20H31N3O2/c1-7-10-17(25-6)20(3,4)22(5)19(24)16-14-21-18(13-15(16)8-2)23-11-9-12-23/h10,13-14H,7-9,11-12H2,1-6H3/b17-10+. The fourth-order valence-electron chi connectivity index (χ4n) is 3.06. The Morgan fingerprint density at radius 3 is 2.56 bits per heavy atom. The van der Waals surface area contributed by atoms with E-state index in [1.807, 2.05) is 27.0 Å². The maximum atomic E-state index is 13.1. The van der Waals surface area contributed by atoms with E-state index in [2.05, 4.69) is 29.8 Å². The molecule has 0 unspecified atom stereocenters. The molecule has 0 radical (unpaired) electrons. The lowest BCUT2D eigenvalue weighted by molar-refractivity contribution is 0.0577. The molecule has 1 amide bonds. The number of aryl methyl sites for hydroxylation is 1. The number of nitrogens with zero attached hydrogens (tertiary/aromatic N) is 3. The van der Waals surface area contributed by atoms with Gasteiger partial charge in [-0.1, -0.05) is 13.8 Å². The molecule has 2 rings (SSSR count). The SMILES string of the molecule is CC/C=C(/OC)C(C)(C)N(C)C(=O)c1cnc(N2CCC2)cc1CC. The van der Waals surface area contributed by atoms with Gasteiger partial charge in [-0.05, 0) is 50.8 Å². The number of methoxy groups -OCH3 is 1. The Morgan fingerprint density at radius 2 is 2.08 bits per heavy atom. The number of pyridine rings is 1. The fourth-order valence-corrected chi connectivity index (χ4v) is 3.06. The van der Waals surface area contributed by atoms with Crippen molar-refractivity contribution in [3.05, 3.63) is 35.2 Å². The number of hydrogen-bond donors (Lipinski definition) is 0. The van der Waals surface area contributed by atoms with Crippen LogP contribution < -0.4 is 4.90 Å². The highest BCUT2D eigenvalue weighted by Gasteiger charge is 2.34. The minimum Gasteiger partial charge on any atom is -0.499 e. The van der Waals surface area contributed by atoms with Crippen LogP contribution in [0, 0.1) is 0 Å². The van der Waals surface area contributed by atoms with Crippen LogP contribution in [0.4, 0.5) is 5.82 Å². The van der Waals surface area contributed by atoms with E-state index in [1.54, 1.807) is 18.2 Å². The third-order valence-corrected chi connectivity index (χ3v) is 5.12. The molecule has 138 valence electrons. The maximum Gasteiger partial charge on any atom is 0.256 e. The van der Waals surface area contributed by atoms with Gasteiger partial charge in [-0.25, -0.2) is 4.98 Å². The molecule has 1 aliphatic rings. The number of amides is 1. The summed E-state index contributed by atoms with van der Waals surface area (Å²) in [5.74, 6) is 1.75. The summed E-state index contributed by atoms with van der Waals surface area (Å²) < 4.78 is 5.54. The molecule has 1 saturated heterocycles. The minimum absolute atomic E-state index is 0.0245. The van der Waals surface area contributed by atoms with Crippen LogP contribution in [0.15, 0.2) is 24.1 Å². The van der Waals surface area contributed by atoms with Gasteiger partial charge in [0.05, 0.1) is 18.2 Å². The maximum absolute atomic E-state index is 13.1.